The highest BCUT2D eigenvalue weighted by atomic mass is 16.5. The van der Waals surface area contributed by atoms with Crippen molar-refractivity contribution in [2.45, 2.75) is 24.5 Å². The number of aromatic nitrogens is 1. The summed E-state index contributed by atoms with van der Waals surface area (Å²) in [5, 5.41) is 11.3. The third-order valence-corrected chi connectivity index (χ3v) is 9.36. The molecule has 2 aromatic carbocycles. The van der Waals surface area contributed by atoms with Crippen LogP contribution in [0.5, 0.6) is 11.5 Å². The first-order chi connectivity index (χ1) is 20.0. The van der Waals surface area contributed by atoms with Crippen LogP contribution in [0, 0.1) is 5.92 Å². The molecule has 1 spiro atoms. The zero-order valence-electron chi connectivity index (χ0n) is 23.2. The predicted molar refractivity (Wildman–Crippen MR) is 151 cm³/mol. The zero-order valence-corrected chi connectivity index (χ0v) is 23.2. The summed E-state index contributed by atoms with van der Waals surface area (Å²) in [4.78, 5) is 41.0. The lowest BCUT2D eigenvalue weighted by molar-refractivity contribution is -0.133. The summed E-state index contributed by atoms with van der Waals surface area (Å²) in [5.41, 5.74) is 1.96. The lowest BCUT2D eigenvalue weighted by Gasteiger charge is -2.32. The van der Waals surface area contributed by atoms with Crippen molar-refractivity contribution in [3.63, 3.8) is 0 Å². The van der Waals surface area contributed by atoms with Gasteiger partial charge in [-0.3, -0.25) is 24.5 Å². The highest BCUT2D eigenvalue weighted by Gasteiger charge is 2.70. The van der Waals surface area contributed by atoms with Crippen molar-refractivity contribution >= 4 is 22.8 Å². The number of nitrogens with zero attached hydrogens (tertiary/aromatic N) is 5. The van der Waals surface area contributed by atoms with Crippen molar-refractivity contribution in [2.24, 2.45) is 5.92 Å². The molecule has 41 heavy (non-hydrogen) atoms. The molecule has 3 atom stereocenters. The number of ether oxygens (including phenoxy) is 2. The van der Waals surface area contributed by atoms with Gasteiger partial charge in [-0.05, 0) is 41.8 Å². The fraction of sp³-hybridized carbons (Fsp3) is 0.452. The van der Waals surface area contributed by atoms with E-state index in [4.69, 9.17) is 9.47 Å². The van der Waals surface area contributed by atoms with E-state index in [1.807, 2.05) is 35.2 Å². The van der Waals surface area contributed by atoms with Crippen molar-refractivity contribution in [1.29, 1.82) is 0 Å². The van der Waals surface area contributed by atoms with Crippen LogP contribution in [0.4, 0.5) is 4.79 Å². The number of carbonyl (C=O) groups is 2. The maximum atomic E-state index is 14.4. The van der Waals surface area contributed by atoms with Gasteiger partial charge in [-0.15, -0.1) is 0 Å². The van der Waals surface area contributed by atoms with Gasteiger partial charge in [-0.2, -0.15) is 0 Å². The van der Waals surface area contributed by atoms with Gasteiger partial charge in [0.1, 0.15) is 5.54 Å². The number of phenols is 1. The summed E-state index contributed by atoms with van der Waals surface area (Å²) >= 11 is 0. The van der Waals surface area contributed by atoms with Gasteiger partial charge in [-0.25, -0.2) is 4.79 Å². The SMILES string of the molecule is COc1ccc(CN2C[C@H]3C[C@H](c4ccnc5ccccc45)N4C(=O)N(CCN5CCOCC5)C(=O)[C@]34C2)cc1O. The van der Waals surface area contributed by atoms with Gasteiger partial charge < -0.3 is 19.5 Å². The Morgan fingerprint density at radius 3 is 2.71 bits per heavy atom. The van der Waals surface area contributed by atoms with Crippen LogP contribution in [0.15, 0.2) is 54.7 Å². The summed E-state index contributed by atoms with van der Waals surface area (Å²) in [6.07, 6.45) is 2.52. The molecule has 0 radical (unpaired) electrons. The minimum absolute atomic E-state index is 0.00360. The van der Waals surface area contributed by atoms with Gasteiger partial charge in [0.15, 0.2) is 11.5 Å². The molecule has 5 heterocycles. The summed E-state index contributed by atoms with van der Waals surface area (Å²) in [6, 6.07) is 15.0. The molecule has 1 aromatic heterocycles. The van der Waals surface area contributed by atoms with Crippen LogP contribution in [0.2, 0.25) is 0 Å². The largest absolute Gasteiger partial charge is 0.504 e. The van der Waals surface area contributed by atoms with Crippen LogP contribution in [-0.4, -0.2) is 107 Å². The fourth-order valence-corrected chi connectivity index (χ4v) is 7.44. The number of aromatic hydroxyl groups is 1. The second-order valence-corrected chi connectivity index (χ2v) is 11.5. The first kappa shape index (κ1) is 26.2. The number of pyridine rings is 1. The molecule has 0 bridgehead atoms. The number of carbonyl (C=O) groups excluding carboxylic acids is 2. The molecule has 3 amide bonds. The standard InChI is InChI=1S/C31H35N5O5/c1-40-28-7-6-21(16-27(28)37)18-34-19-22-17-26(24-8-9-32-25-5-3-2-4-23(24)25)36-30(39)35(29(38)31(22,36)20-34)11-10-33-12-14-41-15-13-33/h2-9,16,22,26,37H,10-15,17-20H2,1H3/t22-,26-,31+/m1/s1. The number of methoxy groups -OCH3 is 1. The summed E-state index contributed by atoms with van der Waals surface area (Å²) in [7, 11) is 1.53. The number of fused-ring (bicyclic) bond motifs is 1. The quantitative estimate of drug-likeness (QED) is 0.443. The molecular weight excluding hydrogens is 522 g/mol. The number of morpholine rings is 1. The highest BCUT2D eigenvalue weighted by molar-refractivity contribution is 6.08. The van der Waals surface area contributed by atoms with Gasteiger partial charge in [-0.1, -0.05) is 24.3 Å². The van der Waals surface area contributed by atoms with Crippen molar-refractivity contribution in [3.05, 3.63) is 65.9 Å². The van der Waals surface area contributed by atoms with Crippen LogP contribution >= 0.6 is 0 Å². The number of amides is 3. The van der Waals surface area contributed by atoms with Crippen LogP contribution in [0.1, 0.15) is 23.6 Å². The Hall–Kier alpha value is -3.73. The monoisotopic (exact) mass is 557 g/mol. The van der Waals surface area contributed by atoms with E-state index in [0.29, 0.717) is 58.1 Å². The number of hydrogen-bond donors (Lipinski definition) is 1. The summed E-state index contributed by atoms with van der Waals surface area (Å²) in [5.74, 6) is 0.435. The van der Waals surface area contributed by atoms with E-state index in [-0.39, 0.29) is 29.6 Å². The Morgan fingerprint density at radius 2 is 1.90 bits per heavy atom. The number of urea groups is 1. The van der Waals surface area contributed by atoms with Crippen molar-refractivity contribution in [1.82, 2.24) is 24.6 Å². The zero-order chi connectivity index (χ0) is 28.1. The first-order valence-corrected chi connectivity index (χ1v) is 14.4. The minimum Gasteiger partial charge on any atom is -0.504 e. The van der Waals surface area contributed by atoms with E-state index in [1.54, 1.807) is 18.3 Å². The molecule has 4 saturated heterocycles. The van der Waals surface area contributed by atoms with E-state index in [9.17, 15) is 14.7 Å². The fourth-order valence-electron chi connectivity index (χ4n) is 7.44. The molecule has 10 nitrogen and oxygen atoms in total. The van der Waals surface area contributed by atoms with Crippen LogP contribution in [0.25, 0.3) is 10.9 Å². The molecule has 0 unspecified atom stereocenters. The average Bonchev–Trinajstić information content (AvgIpc) is 3.56. The van der Waals surface area contributed by atoms with Crippen molar-refractivity contribution < 1.29 is 24.2 Å². The van der Waals surface area contributed by atoms with E-state index in [0.717, 1.165) is 35.1 Å². The number of hydrogen-bond acceptors (Lipinski definition) is 8. The van der Waals surface area contributed by atoms with Gasteiger partial charge in [0.25, 0.3) is 5.91 Å². The Bertz CT molecular complexity index is 1490. The Balaban J connectivity index is 1.21. The Kier molecular flexibility index (Phi) is 6.56. The van der Waals surface area contributed by atoms with Crippen molar-refractivity contribution in [2.75, 3.05) is 59.6 Å². The third kappa shape index (κ3) is 4.24. The van der Waals surface area contributed by atoms with E-state index >= 15 is 0 Å². The van der Waals surface area contributed by atoms with Crippen molar-refractivity contribution in [3.8, 4) is 11.5 Å². The van der Waals surface area contributed by atoms with E-state index in [1.165, 1.54) is 12.0 Å². The number of benzene rings is 2. The lowest BCUT2D eigenvalue weighted by atomic mass is 9.87. The normalized spacial score (nSPS) is 26.7. The Labute approximate surface area is 239 Å². The van der Waals surface area contributed by atoms with Gasteiger partial charge in [0, 0.05) is 63.3 Å². The molecular formula is C31H35N5O5. The molecule has 4 fully saturated rings. The molecule has 4 aliphatic heterocycles. The molecule has 4 aliphatic rings. The Morgan fingerprint density at radius 1 is 1.07 bits per heavy atom. The minimum atomic E-state index is -0.911. The van der Waals surface area contributed by atoms with Crippen LogP contribution in [-0.2, 0) is 16.1 Å². The van der Waals surface area contributed by atoms with Gasteiger partial charge in [0.05, 0.1) is 31.9 Å². The topological polar surface area (TPSA) is 98.7 Å². The number of likely N-dealkylation sites (tertiary alicyclic amines) is 1. The molecule has 0 saturated carbocycles. The maximum Gasteiger partial charge on any atom is 0.328 e. The number of rotatable bonds is 7. The average molecular weight is 558 g/mol. The number of phenolic OH excluding ortho intramolecular Hbond substituents is 1. The molecule has 1 N–H and O–H groups in total. The second kappa shape index (κ2) is 10.3. The highest BCUT2D eigenvalue weighted by Crippen LogP contribution is 2.55. The summed E-state index contributed by atoms with van der Waals surface area (Å²) in [6.45, 7) is 5.71. The third-order valence-electron chi connectivity index (χ3n) is 9.36. The first-order valence-electron chi connectivity index (χ1n) is 14.4. The predicted octanol–water partition coefficient (Wildman–Crippen LogP) is 2.86. The summed E-state index contributed by atoms with van der Waals surface area (Å²) < 4.78 is 10.7. The van der Waals surface area contributed by atoms with Crippen LogP contribution < -0.4 is 4.74 Å². The smallest absolute Gasteiger partial charge is 0.328 e. The van der Waals surface area contributed by atoms with Gasteiger partial charge >= 0.3 is 6.03 Å². The molecule has 214 valence electrons. The van der Waals surface area contributed by atoms with Gasteiger partial charge in [0.2, 0.25) is 0 Å². The molecule has 7 rings (SSSR count). The molecule has 3 aromatic rings. The number of imide groups is 1. The van der Waals surface area contributed by atoms with Crippen LogP contribution in [0.3, 0.4) is 0 Å². The maximum absolute atomic E-state index is 14.4. The number of para-hydroxylation sites is 1. The molecule has 0 aliphatic carbocycles. The van der Waals surface area contributed by atoms with E-state index < -0.39 is 5.54 Å². The van der Waals surface area contributed by atoms with E-state index in [2.05, 4.69) is 20.9 Å². The lowest BCUT2D eigenvalue weighted by Crippen LogP contribution is -2.51. The second-order valence-electron chi connectivity index (χ2n) is 11.5. The molecule has 10 heteroatoms.